The largest absolute Gasteiger partial charge is 0.332 e. The fraction of sp³-hybridized carbons (Fsp3) is 0.190. The third-order valence-corrected chi connectivity index (χ3v) is 4.63. The highest BCUT2D eigenvalue weighted by Gasteiger charge is 2.14. The number of thiocarbonyl (C=S) groups is 1. The molecular weight excluding hydrogens is 375 g/mol. The molecule has 5 nitrogen and oxygen atoms in total. The summed E-state index contributed by atoms with van der Waals surface area (Å²) in [6, 6.07) is 13.8. The maximum Gasteiger partial charge on any atom is 0.175 e. The molecule has 0 saturated carbocycles. The highest BCUT2D eigenvalue weighted by atomic mass is 32.1. The average Bonchev–Trinajstić information content (AvgIpc) is 2.91. The van der Waals surface area contributed by atoms with Gasteiger partial charge in [0.25, 0.3) is 0 Å². The molecule has 3 rings (SSSR count). The van der Waals surface area contributed by atoms with Crippen LogP contribution >= 0.6 is 12.2 Å². The first-order valence-electron chi connectivity index (χ1n) is 8.81. The minimum Gasteiger partial charge on any atom is -0.332 e. The Kier molecular flexibility index (Phi) is 5.84. The Bertz CT molecular complexity index is 1040. The second kappa shape index (κ2) is 8.31. The molecule has 1 heterocycles. The maximum atomic E-state index is 13.9. The van der Waals surface area contributed by atoms with Crippen LogP contribution in [-0.2, 0) is 6.54 Å². The molecule has 0 saturated heterocycles. The van der Waals surface area contributed by atoms with Crippen LogP contribution in [-0.4, -0.2) is 20.7 Å². The number of hydrogen-bond acceptors (Lipinski definition) is 3. The number of halogens is 1. The first kappa shape index (κ1) is 19.7. The van der Waals surface area contributed by atoms with Crippen molar-refractivity contribution in [1.29, 1.82) is 0 Å². The van der Waals surface area contributed by atoms with E-state index in [1.54, 1.807) is 41.1 Å². The van der Waals surface area contributed by atoms with Crippen LogP contribution in [0.1, 0.15) is 34.2 Å². The van der Waals surface area contributed by atoms with Crippen molar-refractivity contribution in [3.05, 3.63) is 76.9 Å². The van der Waals surface area contributed by atoms with Crippen molar-refractivity contribution in [3.8, 4) is 0 Å². The Morgan fingerprint density at radius 2 is 1.89 bits per heavy atom. The van der Waals surface area contributed by atoms with Gasteiger partial charge in [0.2, 0.25) is 0 Å². The Balaban J connectivity index is 1.75. The molecule has 0 unspecified atom stereocenters. The van der Waals surface area contributed by atoms with E-state index in [4.69, 9.17) is 12.2 Å². The number of hydrogen-bond donors (Lipinski definition) is 2. The van der Waals surface area contributed by atoms with Crippen molar-refractivity contribution in [2.75, 3.05) is 10.6 Å². The summed E-state index contributed by atoms with van der Waals surface area (Å²) in [5, 5.41) is 11.1. The topological polar surface area (TPSA) is 59.0 Å². The lowest BCUT2D eigenvalue weighted by Gasteiger charge is -2.12. The molecule has 0 aliphatic rings. The molecule has 0 amide bonds. The summed E-state index contributed by atoms with van der Waals surface area (Å²) in [4.78, 5) is 11.5. The molecule has 1 aromatic heterocycles. The normalized spacial score (nSPS) is 10.6. The number of benzene rings is 2. The fourth-order valence-corrected chi connectivity index (χ4v) is 3.13. The van der Waals surface area contributed by atoms with Crippen molar-refractivity contribution in [3.63, 3.8) is 0 Å². The fourth-order valence-electron chi connectivity index (χ4n) is 2.91. The molecule has 3 aromatic rings. The molecule has 28 heavy (non-hydrogen) atoms. The van der Waals surface area contributed by atoms with Gasteiger partial charge in [-0.05, 0) is 51.2 Å². The highest BCUT2D eigenvalue weighted by molar-refractivity contribution is 7.80. The van der Waals surface area contributed by atoms with Gasteiger partial charge >= 0.3 is 0 Å². The third kappa shape index (κ3) is 4.43. The van der Waals surface area contributed by atoms with Crippen molar-refractivity contribution < 1.29 is 9.18 Å². The zero-order chi connectivity index (χ0) is 20.3. The van der Waals surface area contributed by atoms with E-state index in [0.29, 0.717) is 22.8 Å². The number of aromatic nitrogens is 2. The highest BCUT2D eigenvalue weighted by Crippen LogP contribution is 2.22. The number of carbonyl (C=O) groups excluding carboxylic acids is 1. The van der Waals surface area contributed by atoms with Gasteiger partial charge in [-0.3, -0.25) is 9.48 Å². The summed E-state index contributed by atoms with van der Waals surface area (Å²) < 4.78 is 15.7. The van der Waals surface area contributed by atoms with E-state index < -0.39 is 0 Å². The Morgan fingerprint density at radius 3 is 2.61 bits per heavy atom. The first-order chi connectivity index (χ1) is 13.3. The van der Waals surface area contributed by atoms with E-state index in [1.807, 2.05) is 19.9 Å². The number of nitrogens with one attached hydrogen (secondary N) is 2. The molecule has 0 radical (unpaired) electrons. The molecule has 144 valence electrons. The van der Waals surface area contributed by atoms with E-state index in [-0.39, 0.29) is 11.6 Å². The number of anilines is 2. The van der Waals surface area contributed by atoms with Crippen LogP contribution in [0.25, 0.3) is 0 Å². The van der Waals surface area contributed by atoms with E-state index in [0.717, 1.165) is 22.8 Å². The van der Waals surface area contributed by atoms with Gasteiger partial charge in [-0.2, -0.15) is 5.10 Å². The second-order valence-electron chi connectivity index (χ2n) is 6.51. The quantitative estimate of drug-likeness (QED) is 0.484. The van der Waals surface area contributed by atoms with Gasteiger partial charge in [0.1, 0.15) is 5.82 Å². The van der Waals surface area contributed by atoms with Crippen LogP contribution in [0.2, 0.25) is 0 Å². The van der Waals surface area contributed by atoms with E-state index in [2.05, 4.69) is 15.7 Å². The van der Waals surface area contributed by atoms with Gasteiger partial charge in [-0.25, -0.2) is 4.39 Å². The molecule has 7 heteroatoms. The van der Waals surface area contributed by atoms with Gasteiger partial charge in [0.15, 0.2) is 10.9 Å². The molecule has 0 atom stereocenters. The molecule has 0 bridgehead atoms. The monoisotopic (exact) mass is 396 g/mol. The van der Waals surface area contributed by atoms with E-state index >= 15 is 0 Å². The van der Waals surface area contributed by atoms with Gasteiger partial charge in [0.05, 0.1) is 23.6 Å². The predicted molar refractivity (Wildman–Crippen MR) is 113 cm³/mol. The molecular formula is C21H21FN4OS. The zero-order valence-electron chi connectivity index (χ0n) is 15.9. The van der Waals surface area contributed by atoms with E-state index in [9.17, 15) is 9.18 Å². The minimum absolute atomic E-state index is 0.0105. The molecule has 0 spiro atoms. The zero-order valence-corrected chi connectivity index (χ0v) is 16.7. The van der Waals surface area contributed by atoms with Crippen LogP contribution in [0, 0.1) is 19.7 Å². The Hall–Kier alpha value is -3.06. The van der Waals surface area contributed by atoms with Gasteiger partial charge < -0.3 is 10.6 Å². The standard InChI is InChI=1S/C21H21FN4OS/c1-13-20(14(2)26(25-13)12-17-7-4-5-10-19(17)22)24-21(28)23-18-9-6-8-16(11-18)15(3)27/h4-11H,12H2,1-3H3,(H2,23,24,28). The van der Waals surface area contributed by atoms with E-state index in [1.165, 1.54) is 13.0 Å². The van der Waals surface area contributed by atoms with Crippen molar-refractivity contribution in [2.24, 2.45) is 0 Å². The first-order valence-corrected chi connectivity index (χ1v) is 9.22. The summed E-state index contributed by atoms with van der Waals surface area (Å²) in [5.74, 6) is -0.268. The number of carbonyl (C=O) groups is 1. The van der Waals surface area contributed by atoms with Crippen molar-refractivity contribution >= 4 is 34.5 Å². The van der Waals surface area contributed by atoms with Gasteiger partial charge in [-0.15, -0.1) is 0 Å². The van der Waals surface area contributed by atoms with Gasteiger partial charge in [-0.1, -0.05) is 30.3 Å². The summed E-state index contributed by atoms with van der Waals surface area (Å²) in [7, 11) is 0. The lowest BCUT2D eigenvalue weighted by Crippen LogP contribution is -2.20. The smallest absolute Gasteiger partial charge is 0.175 e. The summed E-state index contributed by atoms with van der Waals surface area (Å²) in [6.07, 6.45) is 0. The van der Waals surface area contributed by atoms with Crippen molar-refractivity contribution in [1.82, 2.24) is 9.78 Å². The lowest BCUT2D eigenvalue weighted by atomic mass is 10.1. The molecule has 0 aliphatic heterocycles. The minimum atomic E-state index is -0.257. The summed E-state index contributed by atoms with van der Waals surface area (Å²) >= 11 is 5.40. The molecule has 0 fully saturated rings. The predicted octanol–water partition coefficient (Wildman–Crippen LogP) is 4.70. The average molecular weight is 396 g/mol. The number of aryl methyl sites for hydroxylation is 1. The summed E-state index contributed by atoms with van der Waals surface area (Å²) in [5.41, 5.74) is 4.29. The number of Topliss-reactive ketones (excluding diaryl/α,β-unsaturated/α-hetero) is 1. The molecule has 0 aliphatic carbocycles. The number of ketones is 1. The molecule has 2 aromatic carbocycles. The van der Waals surface area contributed by atoms with Crippen molar-refractivity contribution in [2.45, 2.75) is 27.3 Å². The maximum absolute atomic E-state index is 13.9. The number of nitrogens with zero attached hydrogens (tertiary/aromatic N) is 2. The van der Waals surface area contributed by atoms with Crippen LogP contribution < -0.4 is 10.6 Å². The van der Waals surface area contributed by atoms with Crippen LogP contribution in [0.3, 0.4) is 0 Å². The summed E-state index contributed by atoms with van der Waals surface area (Å²) in [6.45, 7) is 5.63. The third-order valence-electron chi connectivity index (χ3n) is 4.42. The van der Waals surface area contributed by atoms with Crippen LogP contribution in [0.15, 0.2) is 48.5 Å². The molecule has 2 N–H and O–H groups in total. The second-order valence-corrected chi connectivity index (χ2v) is 6.92. The SMILES string of the molecule is CC(=O)c1cccc(NC(=S)Nc2c(C)nn(Cc3ccccc3F)c2C)c1. The Morgan fingerprint density at radius 1 is 1.14 bits per heavy atom. The number of rotatable bonds is 5. The lowest BCUT2D eigenvalue weighted by molar-refractivity contribution is 0.101. The Labute approximate surface area is 168 Å². The van der Waals surface area contributed by atoms with Crippen LogP contribution in [0.4, 0.5) is 15.8 Å². The van der Waals surface area contributed by atoms with Crippen LogP contribution in [0.5, 0.6) is 0 Å². The van der Waals surface area contributed by atoms with Gasteiger partial charge in [0, 0.05) is 16.8 Å².